The lowest BCUT2D eigenvalue weighted by molar-refractivity contribution is 0.352. The third-order valence-corrected chi connectivity index (χ3v) is 3.05. The Morgan fingerprint density at radius 2 is 2.24 bits per heavy atom. The summed E-state index contributed by atoms with van der Waals surface area (Å²) in [6.07, 6.45) is 2.36. The van der Waals surface area contributed by atoms with E-state index in [0.717, 1.165) is 12.5 Å². The van der Waals surface area contributed by atoms with Crippen LogP contribution in [0.25, 0.3) is 0 Å². The highest BCUT2D eigenvalue weighted by atomic mass is 19.2. The summed E-state index contributed by atoms with van der Waals surface area (Å²) in [4.78, 5) is 0. The molecule has 0 aliphatic heterocycles. The van der Waals surface area contributed by atoms with Gasteiger partial charge in [-0.3, -0.25) is 0 Å². The summed E-state index contributed by atoms with van der Waals surface area (Å²) in [7, 11) is 0. The molecule has 0 aromatic heterocycles. The lowest BCUT2D eigenvalue weighted by Gasteiger charge is -2.11. The van der Waals surface area contributed by atoms with Crippen LogP contribution < -0.4 is 10.5 Å². The van der Waals surface area contributed by atoms with E-state index in [1.54, 1.807) is 6.08 Å². The highest BCUT2D eigenvalue weighted by Crippen LogP contribution is 2.50. The van der Waals surface area contributed by atoms with Crippen molar-refractivity contribution in [1.82, 2.24) is 0 Å². The zero-order chi connectivity index (χ0) is 12.4. The van der Waals surface area contributed by atoms with E-state index in [9.17, 15) is 8.78 Å². The largest absolute Gasteiger partial charge is 0.489 e. The number of benzene rings is 1. The van der Waals surface area contributed by atoms with Crippen molar-refractivity contribution in [3.8, 4) is 5.75 Å². The lowest BCUT2D eigenvalue weighted by Crippen LogP contribution is -2.05. The monoisotopic (exact) mass is 239 g/mol. The predicted molar refractivity (Wildman–Crippen MR) is 62.0 cm³/mol. The first-order chi connectivity index (χ1) is 8.19. The fourth-order valence-corrected chi connectivity index (χ4v) is 2.03. The molecule has 1 aromatic rings. The van der Waals surface area contributed by atoms with Gasteiger partial charge < -0.3 is 10.5 Å². The average molecular weight is 239 g/mol. The number of ether oxygens (including phenoxy) is 1. The number of halogens is 2. The normalized spacial score (nSPS) is 22.3. The molecular formula is C13H15F2NO. The van der Waals surface area contributed by atoms with Gasteiger partial charge in [-0.25, -0.2) is 8.78 Å². The maximum Gasteiger partial charge on any atom is 0.165 e. The van der Waals surface area contributed by atoms with Gasteiger partial charge in [0.2, 0.25) is 0 Å². The van der Waals surface area contributed by atoms with Gasteiger partial charge in [0.15, 0.2) is 11.6 Å². The van der Waals surface area contributed by atoms with E-state index in [2.05, 4.69) is 6.58 Å². The summed E-state index contributed by atoms with van der Waals surface area (Å²) in [5.41, 5.74) is 5.85. The van der Waals surface area contributed by atoms with Crippen LogP contribution in [0.15, 0.2) is 24.8 Å². The van der Waals surface area contributed by atoms with E-state index in [1.807, 2.05) is 0 Å². The van der Waals surface area contributed by atoms with Crippen LogP contribution in [0.5, 0.6) is 5.75 Å². The molecule has 0 radical (unpaired) electrons. The highest BCUT2D eigenvalue weighted by molar-refractivity contribution is 5.41. The van der Waals surface area contributed by atoms with Crippen LogP contribution in [-0.4, -0.2) is 13.2 Å². The topological polar surface area (TPSA) is 35.2 Å². The molecule has 4 heteroatoms. The average Bonchev–Trinajstić information content (AvgIpc) is 3.09. The molecule has 1 aliphatic rings. The molecule has 1 aliphatic carbocycles. The molecule has 2 unspecified atom stereocenters. The van der Waals surface area contributed by atoms with Gasteiger partial charge in [-0.2, -0.15) is 0 Å². The van der Waals surface area contributed by atoms with E-state index in [4.69, 9.17) is 10.5 Å². The molecule has 1 aromatic carbocycles. The molecule has 0 bridgehead atoms. The quantitative estimate of drug-likeness (QED) is 0.801. The zero-order valence-electron chi connectivity index (χ0n) is 9.46. The third kappa shape index (κ3) is 2.31. The molecule has 0 saturated heterocycles. The second-order valence-corrected chi connectivity index (χ2v) is 4.21. The highest BCUT2D eigenvalue weighted by Gasteiger charge is 2.41. The van der Waals surface area contributed by atoms with Crippen molar-refractivity contribution >= 4 is 0 Å². The van der Waals surface area contributed by atoms with Gasteiger partial charge in [-0.05, 0) is 36.9 Å². The van der Waals surface area contributed by atoms with Gasteiger partial charge in [0, 0.05) is 5.56 Å². The standard InChI is InChI=1S/C13H15F2NO/c1-2-5-17-11-4-3-10(14)13(15)12(11)9-6-8(9)7-16/h2-4,8-9H,1,5-7,16H2. The Morgan fingerprint density at radius 3 is 2.82 bits per heavy atom. The minimum Gasteiger partial charge on any atom is -0.489 e. The molecule has 17 heavy (non-hydrogen) atoms. The Labute approximate surface area is 99.1 Å². The number of hydrogen-bond acceptors (Lipinski definition) is 2. The van der Waals surface area contributed by atoms with Crippen molar-refractivity contribution in [2.24, 2.45) is 11.7 Å². The smallest absolute Gasteiger partial charge is 0.165 e. The first-order valence-corrected chi connectivity index (χ1v) is 5.60. The van der Waals surface area contributed by atoms with Gasteiger partial charge in [0.05, 0.1) is 0 Å². The van der Waals surface area contributed by atoms with E-state index < -0.39 is 11.6 Å². The van der Waals surface area contributed by atoms with Crippen molar-refractivity contribution in [3.63, 3.8) is 0 Å². The summed E-state index contributed by atoms with van der Waals surface area (Å²) in [6, 6.07) is 2.54. The summed E-state index contributed by atoms with van der Waals surface area (Å²) >= 11 is 0. The van der Waals surface area contributed by atoms with Crippen molar-refractivity contribution < 1.29 is 13.5 Å². The summed E-state index contributed by atoms with van der Waals surface area (Å²) in [6.45, 7) is 4.29. The first-order valence-electron chi connectivity index (χ1n) is 5.60. The minimum absolute atomic E-state index is 0.0180. The summed E-state index contributed by atoms with van der Waals surface area (Å²) in [5.74, 6) is -1.04. The minimum atomic E-state index is -0.839. The molecule has 2 nitrogen and oxygen atoms in total. The maximum atomic E-state index is 13.8. The van der Waals surface area contributed by atoms with Gasteiger partial charge in [0.1, 0.15) is 12.4 Å². The fraction of sp³-hybridized carbons (Fsp3) is 0.385. The lowest BCUT2D eigenvalue weighted by atomic mass is 10.1. The first kappa shape index (κ1) is 12.0. The Balaban J connectivity index is 2.32. The van der Waals surface area contributed by atoms with E-state index in [-0.39, 0.29) is 18.4 Å². The van der Waals surface area contributed by atoms with Crippen LogP contribution in [0.3, 0.4) is 0 Å². The molecule has 92 valence electrons. The van der Waals surface area contributed by atoms with E-state index in [1.165, 1.54) is 6.07 Å². The molecule has 0 amide bonds. The second kappa shape index (κ2) is 4.84. The second-order valence-electron chi connectivity index (χ2n) is 4.21. The maximum absolute atomic E-state index is 13.8. The number of rotatable bonds is 5. The molecule has 0 heterocycles. The molecule has 1 saturated carbocycles. The Kier molecular flexibility index (Phi) is 3.43. The SMILES string of the molecule is C=CCOc1ccc(F)c(F)c1C1CC1CN. The Hall–Kier alpha value is -1.42. The van der Waals surface area contributed by atoms with Crippen LogP contribution in [0.4, 0.5) is 8.78 Å². The molecule has 2 N–H and O–H groups in total. The summed E-state index contributed by atoms with van der Waals surface area (Å²) < 4.78 is 32.3. The van der Waals surface area contributed by atoms with Crippen molar-refractivity contribution in [2.45, 2.75) is 12.3 Å². The fourth-order valence-electron chi connectivity index (χ4n) is 2.03. The van der Waals surface area contributed by atoms with Crippen molar-refractivity contribution in [2.75, 3.05) is 13.2 Å². The van der Waals surface area contributed by atoms with Crippen LogP contribution in [0.2, 0.25) is 0 Å². The van der Waals surface area contributed by atoms with Crippen LogP contribution in [0.1, 0.15) is 17.9 Å². The van der Waals surface area contributed by atoms with Gasteiger partial charge in [-0.1, -0.05) is 12.7 Å². The van der Waals surface area contributed by atoms with Crippen molar-refractivity contribution in [1.29, 1.82) is 0 Å². The zero-order valence-corrected chi connectivity index (χ0v) is 9.46. The van der Waals surface area contributed by atoms with Gasteiger partial charge >= 0.3 is 0 Å². The molecule has 2 atom stereocenters. The van der Waals surface area contributed by atoms with Gasteiger partial charge in [-0.15, -0.1) is 0 Å². The predicted octanol–water partition coefficient (Wildman–Crippen LogP) is 2.59. The van der Waals surface area contributed by atoms with Crippen LogP contribution in [0, 0.1) is 17.6 Å². The molecule has 1 fully saturated rings. The molecule has 0 spiro atoms. The van der Waals surface area contributed by atoms with E-state index in [0.29, 0.717) is 17.9 Å². The van der Waals surface area contributed by atoms with Crippen molar-refractivity contribution in [3.05, 3.63) is 42.0 Å². The van der Waals surface area contributed by atoms with E-state index >= 15 is 0 Å². The molecular weight excluding hydrogens is 224 g/mol. The number of hydrogen-bond donors (Lipinski definition) is 1. The third-order valence-electron chi connectivity index (χ3n) is 3.05. The van der Waals surface area contributed by atoms with Crippen LogP contribution >= 0.6 is 0 Å². The summed E-state index contributed by atoms with van der Waals surface area (Å²) in [5, 5.41) is 0. The van der Waals surface area contributed by atoms with Crippen LogP contribution in [-0.2, 0) is 0 Å². The Bertz CT molecular complexity index is 434. The molecule has 2 rings (SSSR count). The number of nitrogens with two attached hydrogens (primary N) is 1. The Morgan fingerprint density at radius 1 is 1.47 bits per heavy atom. The van der Waals surface area contributed by atoms with Gasteiger partial charge in [0.25, 0.3) is 0 Å².